The van der Waals surface area contributed by atoms with E-state index in [9.17, 15) is 4.79 Å². The van der Waals surface area contributed by atoms with Crippen molar-refractivity contribution in [3.8, 4) is 23.8 Å². The molecule has 0 fully saturated rings. The highest BCUT2D eigenvalue weighted by atomic mass is 35.5. The SMILES string of the molecule is C#CCn1c(=NC(=O)c2ccccc2Oc2ccccc2)sc2cc(Cl)cc(Cl)c21. The number of benzene rings is 3. The fourth-order valence-corrected chi connectivity index (χ4v) is 4.76. The smallest absolute Gasteiger partial charge is 0.283 e. The summed E-state index contributed by atoms with van der Waals surface area (Å²) in [7, 11) is 0. The van der Waals surface area contributed by atoms with E-state index in [1.807, 2.05) is 30.3 Å². The first-order valence-corrected chi connectivity index (χ1v) is 10.5. The summed E-state index contributed by atoms with van der Waals surface area (Å²) in [5.41, 5.74) is 1.04. The molecule has 3 aromatic carbocycles. The van der Waals surface area contributed by atoms with Crippen LogP contribution in [-0.4, -0.2) is 10.5 Å². The predicted octanol–water partition coefficient (Wildman–Crippen LogP) is 6.18. The molecule has 0 aliphatic heterocycles. The molecule has 1 aromatic heterocycles. The molecule has 4 aromatic rings. The third-order valence-electron chi connectivity index (χ3n) is 4.23. The number of nitrogens with zero attached hydrogens (tertiary/aromatic N) is 2. The fourth-order valence-electron chi connectivity index (χ4n) is 2.95. The first-order chi connectivity index (χ1) is 14.6. The maximum absolute atomic E-state index is 13.0. The molecule has 0 aliphatic rings. The van der Waals surface area contributed by atoms with Crippen molar-refractivity contribution in [1.29, 1.82) is 0 Å². The van der Waals surface area contributed by atoms with Crippen molar-refractivity contribution in [1.82, 2.24) is 4.57 Å². The van der Waals surface area contributed by atoms with Gasteiger partial charge in [-0.1, -0.05) is 70.8 Å². The Morgan fingerprint density at radius 3 is 2.60 bits per heavy atom. The molecule has 0 bridgehead atoms. The van der Waals surface area contributed by atoms with Crippen molar-refractivity contribution in [2.45, 2.75) is 6.54 Å². The second-order valence-electron chi connectivity index (χ2n) is 6.24. The Labute approximate surface area is 187 Å². The zero-order valence-corrected chi connectivity index (χ0v) is 17.8. The van der Waals surface area contributed by atoms with E-state index in [1.165, 1.54) is 11.3 Å². The lowest BCUT2D eigenvalue weighted by Crippen LogP contribution is -2.16. The molecule has 0 saturated carbocycles. The van der Waals surface area contributed by atoms with Crippen LogP contribution in [0, 0.1) is 12.3 Å². The quantitative estimate of drug-likeness (QED) is 0.347. The maximum atomic E-state index is 13.0. The van der Waals surface area contributed by atoms with Gasteiger partial charge in [-0.2, -0.15) is 4.99 Å². The molecule has 30 heavy (non-hydrogen) atoms. The fraction of sp³-hybridized carbons (Fsp3) is 0.0435. The van der Waals surface area contributed by atoms with Crippen LogP contribution in [-0.2, 0) is 6.54 Å². The van der Waals surface area contributed by atoms with Gasteiger partial charge >= 0.3 is 0 Å². The number of ether oxygens (including phenoxy) is 1. The van der Waals surface area contributed by atoms with Crippen molar-refractivity contribution >= 4 is 50.7 Å². The number of carbonyl (C=O) groups excluding carboxylic acids is 1. The summed E-state index contributed by atoms with van der Waals surface area (Å²) >= 11 is 13.8. The first kappa shape index (κ1) is 20.2. The minimum atomic E-state index is -0.443. The van der Waals surface area contributed by atoms with E-state index in [4.69, 9.17) is 34.4 Å². The van der Waals surface area contributed by atoms with Crippen LogP contribution in [0.4, 0.5) is 0 Å². The number of fused-ring (bicyclic) bond motifs is 1. The van der Waals surface area contributed by atoms with Gasteiger partial charge in [0.2, 0.25) is 0 Å². The van der Waals surface area contributed by atoms with E-state index in [0.717, 1.165) is 4.70 Å². The minimum Gasteiger partial charge on any atom is -0.457 e. The standard InChI is InChI=1S/C23H14Cl2N2O2S/c1-2-12-27-21-18(25)13-15(24)14-20(21)30-23(27)26-22(28)17-10-6-7-11-19(17)29-16-8-4-3-5-9-16/h1,3-11,13-14H,12H2. The van der Waals surface area contributed by atoms with E-state index in [-0.39, 0.29) is 6.54 Å². The number of para-hydroxylation sites is 2. The zero-order valence-electron chi connectivity index (χ0n) is 15.5. The summed E-state index contributed by atoms with van der Waals surface area (Å²) in [5.74, 6) is 3.19. The normalized spacial score (nSPS) is 11.4. The number of hydrogen-bond donors (Lipinski definition) is 0. The van der Waals surface area contributed by atoms with E-state index in [0.29, 0.717) is 37.4 Å². The topological polar surface area (TPSA) is 43.6 Å². The molecule has 0 aliphatic carbocycles. The number of thiazole rings is 1. The Balaban J connectivity index is 1.81. The van der Waals surface area contributed by atoms with Gasteiger partial charge in [0.15, 0.2) is 4.80 Å². The molecule has 7 heteroatoms. The summed E-state index contributed by atoms with van der Waals surface area (Å²) in [6.07, 6.45) is 5.53. The average Bonchev–Trinajstić information content (AvgIpc) is 3.06. The summed E-state index contributed by atoms with van der Waals surface area (Å²) in [4.78, 5) is 17.8. The molecule has 4 nitrogen and oxygen atoms in total. The molecule has 1 amide bonds. The highest BCUT2D eigenvalue weighted by Gasteiger charge is 2.15. The second kappa shape index (κ2) is 8.76. The number of rotatable bonds is 4. The Morgan fingerprint density at radius 2 is 1.83 bits per heavy atom. The molecular weight excluding hydrogens is 439 g/mol. The third kappa shape index (κ3) is 4.12. The van der Waals surface area contributed by atoms with Crippen LogP contribution in [0.5, 0.6) is 11.5 Å². The highest BCUT2D eigenvalue weighted by Crippen LogP contribution is 2.30. The lowest BCUT2D eigenvalue weighted by atomic mass is 10.2. The van der Waals surface area contributed by atoms with Crippen molar-refractivity contribution in [2.75, 3.05) is 0 Å². The van der Waals surface area contributed by atoms with E-state index in [1.54, 1.807) is 41.0 Å². The number of halogens is 2. The van der Waals surface area contributed by atoms with Crippen LogP contribution in [0.2, 0.25) is 10.0 Å². The second-order valence-corrected chi connectivity index (χ2v) is 8.09. The summed E-state index contributed by atoms with van der Waals surface area (Å²) in [6.45, 7) is 0.218. The van der Waals surface area contributed by atoms with Gasteiger partial charge in [-0.3, -0.25) is 4.79 Å². The van der Waals surface area contributed by atoms with Gasteiger partial charge in [-0.05, 0) is 36.4 Å². The maximum Gasteiger partial charge on any atom is 0.283 e. The summed E-state index contributed by atoms with van der Waals surface area (Å²) < 4.78 is 8.41. The Morgan fingerprint density at radius 1 is 1.10 bits per heavy atom. The third-order valence-corrected chi connectivity index (χ3v) is 5.76. The average molecular weight is 453 g/mol. The van der Waals surface area contributed by atoms with E-state index < -0.39 is 5.91 Å². The van der Waals surface area contributed by atoms with E-state index >= 15 is 0 Å². The molecule has 0 unspecified atom stereocenters. The van der Waals surface area contributed by atoms with E-state index in [2.05, 4.69) is 10.9 Å². The van der Waals surface area contributed by atoms with Gasteiger partial charge in [-0.15, -0.1) is 6.42 Å². The van der Waals surface area contributed by atoms with Crippen molar-refractivity contribution in [2.24, 2.45) is 4.99 Å². The Kier molecular flexibility index (Phi) is 5.91. The first-order valence-electron chi connectivity index (χ1n) is 8.89. The molecular formula is C23H14Cl2N2O2S. The van der Waals surface area contributed by atoms with Crippen LogP contribution in [0.25, 0.3) is 10.2 Å². The summed E-state index contributed by atoms with van der Waals surface area (Å²) in [6, 6.07) is 19.6. The minimum absolute atomic E-state index is 0.218. The number of terminal acetylenes is 1. The largest absolute Gasteiger partial charge is 0.457 e. The van der Waals surface area contributed by atoms with Crippen LogP contribution < -0.4 is 9.54 Å². The zero-order chi connectivity index (χ0) is 21.1. The molecule has 0 spiro atoms. The molecule has 4 rings (SSSR count). The van der Waals surface area contributed by atoms with Gasteiger partial charge in [0.25, 0.3) is 5.91 Å². The van der Waals surface area contributed by atoms with Gasteiger partial charge in [0.1, 0.15) is 11.5 Å². The van der Waals surface area contributed by atoms with Gasteiger partial charge in [-0.25, -0.2) is 0 Å². The molecule has 148 valence electrons. The lowest BCUT2D eigenvalue weighted by molar-refractivity contribution is 0.0995. The lowest BCUT2D eigenvalue weighted by Gasteiger charge is -2.08. The van der Waals surface area contributed by atoms with Crippen molar-refractivity contribution in [3.63, 3.8) is 0 Å². The van der Waals surface area contributed by atoms with Crippen molar-refractivity contribution < 1.29 is 9.53 Å². The Bertz CT molecular complexity index is 1350. The van der Waals surface area contributed by atoms with Gasteiger partial charge in [0.05, 0.1) is 27.3 Å². The number of amides is 1. The van der Waals surface area contributed by atoms with Crippen LogP contribution in [0.15, 0.2) is 71.7 Å². The summed E-state index contributed by atoms with van der Waals surface area (Å²) in [5, 5.41) is 0.951. The molecule has 0 N–H and O–H groups in total. The highest BCUT2D eigenvalue weighted by molar-refractivity contribution is 7.16. The van der Waals surface area contributed by atoms with Crippen LogP contribution in [0.1, 0.15) is 10.4 Å². The molecule has 0 radical (unpaired) electrons. The monoisotopic (exact) mass is 452 g/mol. The molecule has 0 saturated heterocycles. The van der Waals surface area contributed by atoms with Crippen molar-refractivity contribution in [3.05, 3.63) is 87.1 Å². The molecule has 1 heterocycles. The number of aromatic nitrogens is 1. The predicted molar refractivity (Wildman–Crippen MR) is 122 cm³/mol. The Hall–Kier alpha value is -3.04. The number of carbonyl (C=O) groups is 1. The van der Waals surface area contributed by atoms with Gasteiger partial charge < -0.3 is 9.30 Å². The van der Waals surface area contributed by atoms with Crippen LogP contribution >= 0.6 is 34.5 Å². The van der Waals surface area contributed by atoms with Crippen LogP contribution in [0.3, 0.4) is 0 Å². The van der Waals surface area contributed by atoms with Gasteiger partial charge in [0, 0.05) is 5.02 Å². The molecule has 0 atom stereocenters. The number of hydrogen-bond acceptors (Lipinski definition) is 3.